The fourth-order valence-electron chi connectivity index (χ4n) is 6.12. The number of carbonyl (C=O) groups is 2. The lowest BCUT2D eigenvalue weighted by Crippen LogP contribution is -2.25. The minimum Gasteiger partial charge on any atom is -0.463 e. The van der Waals surface area contributed by atoms with Crippen LogP contribution in [0.4, 0.5) is 0 Å². The number of unbranched alkanes of at least 4 members (excludes halogenated alkanes) is 18. The molecule has 5 unspecified atom stereocenters. The van der Waals surface area contributed by atoms with Crippen LogP contribution in [0.2, 0.25) is 0 Å². The van der Waals surface area contributed by atoms with Crippen LogP contribution in [0, 0.1) is 0 Å². The number of aliphatic hydroxyl groups excluding tert-OH is 3. The first kappa shape index (κ1) is 65.2. The minimum atomic E-state index is -4.80. The van der Waals surface area contributed by atoms with Crippen LogP contribution in [0.15, 0.2) is 85.1 Å². The van der Waals surface area contributed by atoms with Gasteiger partial charge in [-0.3, -0.25) is 27.7 Å². The molecule has 5 atom stereocenters. The van der Waals surface area contributed by atoms with E-state index in [1.54, 1.807) is 0 Å². The van der Waals surface area contributed by atoms with Crippen LogP contribution in [0.1, 0.15) is 168 Å². The molecule has 0 aliphatic heterocycles. The van der Waals surface area contributed by atoms with Crippen LogP contribution in [0.25, 0.3) is 0 Å². The van der Waals surface area contributed by atoms with E-state index in [1.165, 1.54) is 83.5 Å². The van der Waals surface area contributed by atoms with Crippen molar-refractivity contribution in [1.29, 1.82) is 0 Å². The summed E-state index contributed by atoms with van der Waals surface area (Å²) >= 11 is 0. The van der Waals surface area contributed by atoms with Crippen LogP contribution in [-0.4, -0.2) is 95.0 Å². The molecule has 0 aromatic heterocycles. The summed E-state index contributed by atoms with van der Waals surface area (Å²) in [5.41, 5.74) is 0. The molecule has 392 valence electrons. The van der Waals surface area contributed by atoms with Crippen LogP contribution in [-0.2, 0) is 46.3 Å². The summed E-state index contributed by atoms with van der Waals surface area (Å²) in [6.07, 6.45) is 48.5. The topological polar surface area (TPSA) is 225 Å². The van der Waals surface area contributed by atoms with E-state index in [0.717, 1.165) is 44.9 Å². The Kier molecular flexibility index (Phi) is 44.7. The third-order valence-electron chi connectivity index (χ3n) is 10.00. The molecule has 0 bridgehead atoms. The van der Waals surface area contributed by atoms with Gasteiger partial charge in [0.1, 0.15) is 31.5 Å². The van der Waals surface area contributed by atoms with Crippen molar-refractivity contribution in [2.75, 3.05) is 39.6 Å². The van der Waals surface area contributed by atoms with Gasteiger partial charge in [0.15, 0.2) is 0 Å². The molecule has 0 rings (SSSR count). The Bertz CT molecular complexity index is 1540. The summed E-state index contributed by atoms with van der Waals surface area (Å²) in [4.78, 5) is 43.8. The van der Waals surface area contributed by atoms with Crippen molar-refractivity contribution in [3.05, 3.63) is 85.1 Å². The Balaban J connectivity index is 3.93. The number of hydrogen-bond acceptors (Lipinski definition) is 13. The standard InChI is InChI=1S/C51H88O15P2/c1-3-5-7-9-11-13-15-17-19-21-22-24-26-28-30-32-34-36-38-40-51(56)62-42-48(53)44-64-68(59,60)66-46-49(54)45-65-67(57,58)63-43-47(52)41-61-50(55)39-37-35-33-31-29-27-25-23-20-18-16-14-12-10-8-6-4-2/h6,8,10,12,14,16-20,23,25,27,29,47-49,52-54H,3-5,7,9,11,13,15,21-22,24,26,28,30-46H2,1-2H3,(H,57,58)(H,59,60)/b8-6-,12-10+,16-14+,19-17+,20-18-,25-23+,29-27+. The van der Waals surface area contributed by atoms with Gasteiger partial charge in [0.25, 0.3) is 0 Å². The molecule has 0 aliphatic carbocycles. The summed E-state index contributed by atoms with van der Waals surface area (Å²) < 4.78 is 53.0. The highest BCUT2D eigenvalue weighted by Gasteiger charge is 2.28. The van der Waals surface area contributed by atoms with Gasteiger partial charge < -0.3 is 34.6 Å². The van der Waals surface area contributed by atoms with Gasteiger partial charge in [0, 0.05) is 12.8 Å². The number of phosphoric acid groups is 2. The predicted molar refractivity (Wildman–Crippen MR) is 270 cm³/mol. The van der Waals surface area contributed by atoms with Gasteiger partial charge in [-0.1, -0.05) is 182 Å². The van der Waals surface area contributed by atoms with Crippen LogP contribution in [0.3, 0.4) is 0 Å². The predicted octanol–water partition coefficient (Wildman–Crippen LogP) is 11.7. The minimum absolute atomic E-state index is 0.141. The van der Waals surface area contributed by atoms with Crippen LogP contribution in [0.5, 0.6) is 0 Å². The maximum absolute atomic E-state index is 12.2. The van der Waals surface area contributed by atoms with E-state index < -0.39 is 85.5 Å². The second-order valence-corrected chi connectivity index (χ2v) is 19.5. The molecule has 0 aromatic rings. The number of ether oxygens (including phenoxy) is 2. The first-order valence-electron chi connectivity index (χ1n) is 25.0. The number of allylic oxidation sites excluding steroid dienone is 14. The zero-order chi connectivity index (χ0) is 50.2. The second-order valence-electron chi connectivity index (χ2n) is 16.6. The van der Waals surface area contributed by atoms with E-state index in [-0.39, 0.29) is 12.8 Å². The van der Waals surface area contributed by atoms with Gasteiger partial charge in [-0.15, -0.1) is 0 Å². The quantitative estimate of drug-likeness (QED) is 0.0126. The van der Waals surface area contributed by atoms with Gasteiger partial charge in [-0.05, 0) is 57.8 Å². The van der Waals surface area contributed by atoms with Crippen molar-refractivity contribution < 1.29 is 71.4 Å². The number of phosphoric ester groups is 2. The fourth-order valence-corrected chi connectivity index (χ4v) is 7.71. The third kappa shape index (κ3) is 48.3. The Hall–Kier alpha value is -2.78. The highest BCUT2D eigenvalue weighted by atomic mass is 31.2. The number of carbonyl (C=O) groups excluding carboxylic acids is 2. The third-order valence-corrected chi connectivity index (χ3v) is 11.9. The molecule has 0 saturated heterocycles. The molecule has 0 saturated carbocycles. The molecule has 0 aliphatic rings. The lowest BCUT2D eigenvalue weighted by Gasteiger charge is -2.19. The number of esters is 2. The summed E-state index contributed by atoms with van der Waals surface area (Å²) in [6.45, 7) is 0.207. The van der Waals surface area contributed by atoms with Gasteiger partial charge in [-0.2, -0.15) is 0 Å². The molecular formula is C51H88O15P2. The number of rotatable bonds is 47. The molecule has 0 heterocycles. The molecule has 0 radical (unpaired) electrons. The van der Waals surface area contributed by atoms with Crippen molar-refractivity contribution >= 4 is 27.6 Å². The average Bonchev–Trinajstić information content (AvgIpc) is 3.31. The van der Waals surface area contributed by atoms with Gasteiger partial charge in [0.05, 0.1) is 26.4 Å². The molecule has 0 spiro atoms. The Morgan fingerprint density at radius 2 is 0.691 bits per heavy atom. The van der Waals surface area contributed by atoms with Crippen molar-refractivity contribution in [3.63, 3.8) is 0 Å². The zero-order valence-electron chi connectivity index (χ0n) is 41.2. The molecule has 15 nitrogen and oxygen atoms in total. The molecule has 68 heavy (non-hydrogen) atoms. The Morgan fingerprint density at radius 3 is 1.07 bits per heavy atom. The van der Waals surface area contributed by atoms with Crippen LogP contribution >= 0.6 is 15.6 Å². The molecule has 0 aromatic carbocycles. The van der Waals surface area contributed by atoms with Crippen molar-refractivity contribution in [2.45, 2.75) is 186 Å². The van der Waals surface area contributed by atoms with E-state index >= 15 is 0 Å². The zero-order valence-corrected chi connectivity index (χ0v) is 43.0. The highest BCUT2D eigenvalue weighted by molar-refractivity contribution is 7.47. The summed E-state index contributed by atoms with van der Waals surface area (Å²) in [6, 6.07) is 0. The molecular weight excluding hydrogens is 914 g/mol. The van der Waals surface area contributed by atoms with E-state index in [0.29, 0.717) is 12.8 Å². The van der Waals surface area contributed by atoms with E-state index in [9.17, 15) is 43.8 Å². The fraction of sp³-hybridized carbons (Fsp3) is 0.686. The summed E-state index contributed by atoms with van der Waals surface area (Å²) in [5, 5.41) is 30.0. The van der Waals surface area contributed by atoms with Gasteiger partial charge in [-0.25, -0.2) is 9.13 Å². The Morgan fingerprint density at radius 1 is 0.397 bits per heavy atom. The molecule has 17 heteroatoms. The van der Waals surface area contributed by atoms with Gasteiger partial charge in [0.2, 0.25) is 0 Å². The largest absolute Gasteiger partial charge is 0.472 e. The first-order valence-corrected chi connectivity index (χ1v) is 28.0. The SMILES string of the molecule is CC\C=C/C=C/C=C/C=C\C=C\C=C\CCCCCC(=O)OCC(O)COP(=O)(O)OCC(O)COP(=O)(O)OCC(O)COC(=O)CCCCCCCCCCC/C=C/CCCCCCCC. The normalized spacial score (nSPS) is 15.7. The van der Waals surface area contributed by atoms with Crippen molar-refractivity contribution in [1.82, 2.24) is 0 Å². The van der Waals surface area contributed by atoms with E-state index in [2.05, 4.69) is 50.2 Å². The second kappa shape index (κ2) is 46.6. The Labute approximate surface area is 408 Å². The first-order chi connectivity index (χ1) is 32.8. The molecule has 0 amide bonds. The highest BCUT2D eigenvalue weighted by Crippen LogP contribution is 2.45. The number of aliphatic hydroxyl groups is 3. The number of hydrogen-bond donors (Lipinski definition) is 5. The van der Waals surface area contributed by atoms with Crippen molar-refractivity contribution in [2.24, 2.45) is 0 Å². The summed E-state index contributed by atoms with van der Waals surface area (Å²) in [5.74, 6) is -1.04. The lowest BCUT2D eigenvalue weighted by molar-refractivity contribution is -0.148. The van der Waals surface area contributed by atoms with Gasteiger partial charge >= 0.3 is 27.6 Å². The smallest absolute Gasteiger partial charge is 0.463 e. The lowest BCUT2D eigenvalue weighted by atomic mass is 10.1. The van der Waals surface area contributed by atoms with E-state index in [1.807, 2.05) is 66.8 Å². The maximum Gasteiger partial charge on any atom is 0.472 e. The van der Waals surface area contributed by atoms with Crippen LogP contribution < -0.4 is 0 Å². The monoisotopic (exact) mass is 1000 g/mol. The molecule has 5 N–H and O–H groups in total. The van der Waals surface area contributed by atoms with Crippen molar-refractivity contribution in [3.8, 4) is 0 Å². The van der Waals surface area contributed by atoms with E-state index in [4.69, 9.17) is 9.47 Å². The maximum atomic E-state index is 12.2. The average molecular weight is 1000 g/mol. The summed E-state index contributed by atoms with van der Waals surface area (Å²) in [7, 11) is -9.60. The molecule has 0 fully saturated rings.